The standard InChI is InChI=1S/C21H26ClN9O2/c22-17-19(24)29-18(23)16(28-17)20(32)30-21(25)27-8-2-1-3-14-4-6-15(7-5-14)33-12-11-31-10-9-26-13-31/h4-7,9-10,13H,1-3,8,11-12H2,(H4,23,24,29)(H3,25,27,30,32). The number of rotatable bonds is 10. The first-order valence-corrected chi connectivity index (χ1v) is 10.7. The fraction of sp³-hybridized carbons (Fsp3) is 0.286. The maximum atomic E-state index is 12.2. The van der Waals surface area contributed by atoms with Crippen molar-refractivity contribution in [3.63, 3.8) is 0 Å². The maximum Gasteiger partial charge on any atom is 0.280 e. The van der Waals surface area contributed by atoms with Crippen LogP contribution in [0.2, 0.25) is 5.15 Å². The number of nitrogens with zero attached hydrogens (tertiary/aromatic N) is 5. The van der Waals surface area contributed by atoms with E-state index < -0.39 is 5.91 Å². The molecule has 3 rings (SSSR count). The third-order valence-corrected chi connectivity index (χ3v) is 4.90. The molecule has 0 saturated heterocycles. The van der Waals surface area contributed by atoms with Gasteiger partial charge in [0.15, 0.2) is 28.4 Å². The van der Waals surface area contributed by atoms with Crippen molar-refractivity contribution in [3.05, 3.63) is 59.4 Å². The van der Waals surface area contributed by atoms with Gasteiger partial charge in [0, 0.05) is 18.9 Å². The highest BCUT2D eigenvalue weighted by Crippen LogP contribution is 2.17. The van der Waals surface area contributed by atoms with Crippen LogP contribution in [-0.2, 0) is 13.0 Å². The molecule has 2 heterocycles. The Hall–Kier alpha value is -3.86. The summed E-state index contributed by atoms with van der Waals surface area (Å²) < 4.78 is 7.71. The average Bonchev–Trinajstić information content (AvgIpc) is 3.30. The lowest BCUT2D eigenvalue weighted by atomic mass is 10.1. The molecule has 0 bridgehead atoms. The van der Waals surface area contributed by atoms with Crippen LogP contribution >= 0.6 is 11.6 Å². The van der Waals surface area contributed by atoms with Gasteiger partial charge in [0.1, 0.15) is 12.4 Å². The minimum absolute atomic E-state index is 0.0358. The molecule has 0 unspecified atom stereocenters. The smallest absolute Gasteiger partial charge is 0.280 e. The second kappa shape index (κ2) is 11.7. The molecule has 0 spiro atoms. The highest BCUT2D eigenvalue weighted by Gasteiger charge is 2.16. The lowest BCUT2D eigenvalue weighted by Crippen LogP contribution is -2.38. The Morgan fingerprint density at radius 1 is 1.15 bits per heavy atom. The molecular formula is C21H26ClN9O2. The summed E-state index contributed by atoms with van der Waals surface area (Å²) in [7, 11) is 0. The zero-order valence-corrected chi connectivity index (χ0v) is 18.7. The van der Waals surface area contributed by atoms with E-state index >= 15 is 0 Å². The van der Waals surface area contributed by atoms with E-state index in [1.807, 2.05) is 35.0 Å². The van der Waals surface area contributed by atoms with Crippen LogP contribution in [0, 0.1) is 0 Å². The van der Waals surface area contributed by atoms with Gasteiger partial charge < -0.3 is 26.5 Å². The van der Waals surface area contributed by atoms with Gasteiger partial charge in [0.2, 0.25) is 0 Å². The fourth-order valence-corrected chi connectivity index (χ4v) is 3.03. The fourth-order valence-electron chi connectivity index (χ4n) is 2.90. The van der Waals surface area contributed by atoms with Crippen LogP contribution in [-0.4, -0.2) is 44.5 Å². The number of halogens is 1. The van der Waals surface area contributed by atoms with Crippen molar-refractivity contribution in [2.24, 2.45) is 10.7 Å². The number of imidazole rings is 1. The molecule has 0 aliphatic heterocycles. The van der Waals surface area contributed by atoms with E-state index in [1.54, 1.807) is 12.5 Å². The summed E-state index contributed by atoms with van der Waals surface area (Å²) in [6.45, 7) is 1.79. The summed E-state index contributed by atoms with van der Waals surface area (Å²) in [6.07, 6.45) is 8.02. The number of aliphatic imine (C=N–C) groups is 1. The Balaban J connectivity index is 1.35. The van der Waals surface area contributed by atoms with Gasteiger partial charge in [-0.3, -0.25) is 15.1 Å². The Bertz CT molecular complexity index is 1090. The van der Waals surface area contributed by atoms with Crippen LogP contribution in [0.1, 0.15) is 28.9 Å². The maximum absolute atomic E-state index is 12.2. The highest BCUT2D eigenvalue weighted by molar-refractivity contribution is 6.31. The van der Waals surface area contributed by atoms with E-state index in [4.69, 9.17) is 33.5 Å². The highest BCUT2D eigenvalue weighted by atomic mass is 35.5. The number of guanidine groups is 1. The van der Waals surface area contributed by atoms with E-state index in [2.05, 4.69) is 25.3 Å². The van der Waals surface area contributed by atoms with Crippen LogP contribution in [0.25, 0.3) is 0 Å². The quantitative estimate of drug-likeness (QED) is 0.196. The number of hydrogen-bond acceptors (Lipinski definition) is 8. The van der Waals surface area contributed by atoms with Crippen molar-refractivity contribution in [2.75, 3.05) is 24.6 Å². The van der Waals surface area contributed by atoms with Gasteiger partial charge in [-0.25, -0.2) is 15.0 Å². The number of benzene rings is 1. The number of amides is 1. The van der Waals surface area contributed by atoms with Gasteiger partial charge >= 0.3 is 0 Å². The number of nitrogens with one attached hydrogen (secondary N) is 1. The largest absolute Gasteiger partial charge is 0.492 e. The van der Waals surface area contributed by atoms with Gasteiger partial charge in [0.25, 0.3) is 5.91 Å². The van der Waals surface area contributed by atoms with E-state index in [0.29, 0.717) is 13.2 Å². The molecule has 0 aliphatic rings. The monoisotopic (exact) mass is 471 g/mol. The van der Waals surface area contributed by atoms with Crippen molar-refractivity contribution in [1.29, 1.82) is 0 Å². The van der Waals surface area contributed by atoms with Crippen LogP contribution in [0.15, 0.2) is 48.0 Å². The Labute approximate surface area is 196 Å². The van der Waals surface area contributed by atoms with Crippen LogP contribution in [0.4, 0.5) is 11.6 Å². The molecule has 7 N–H and O–H groups in total. The van der Waals surface area contributed by atoms with Gasteiger partial charge in [-0.2, -0.15) is 0 Å². The number of anilines is 2. The molecule has 0 aliphatic carbocycles. The van der Waals surface area contributed by atoms with Gasteiger partial charge in [0.05, 0.1) is 12.9 Å². The molecule has 0 fully saturated rings. The molecule has 2 aromatic heterocycles. The van der Waals surface area contributed by atoms with E-state index in [0.717, 1.165) is 31.6 Å². The number of nitrogens with two attached hydrogens (primary N) is 3. The Kier molecular flexibility index (Phi) is 8.42. The second-order valence-corrected chi connectivity index (χ2v) is 7.46. The van der Waals surface area contributed by atoms with Crippen molar-refractivity contribution in [1.82, 2.24) is 24.8 Å². The van der Waals surface area contributed by atoms with Gasteiger partial charge in [-0.1, -0.05) is 23.7 Å². The van der Waals surface area contributed by atoms with Crippen molar-refractivity contribution >= 4 is 35.1 Å². The average molecular weight is 472 g/mol. The topological polar surface area (TPSA) is 172 Å². The molecular weight excluding hydrogens is 446 g/mol. The van der Waals surface area contributed by atoms with E-state index in [-0.39, 0.29) is 28.4 Å². The summed E-state index contributed by atoms with van der Waals surface area (Å²) in [5.74, 6) is -0.0570. The number of ether oxygens (including phenoxy) is 1. The first kappa shape index (κ1) is 23.8. The first-order chi connectivity index (χ1) is 15.9. The lowest BCUT2D eigenvalue weighted by molar-refractivity contribution is 0.0972. The first-order valence-electron chi connectivity index (χ1n) is 10.3. The third-order valence-electron chi connectivity index (χ3n) is 4.62. The molecule has 0 saturated carbocycles. The van der Waals surface area contributed by atoms with Crippen LogP contribution < -0.4 is 27.3 Å². The van der Waals surface area contributed by atoms with Crippen LogP contribution in [0.3, 0.4) is 0 Å². The lowest BCUT2D eigenvalue weighted by Gasteiger charge is -2.08. The number of carbonyl (C=O) groups excluding carboxylic acids is 1. The molecule has 1 aromatic carbocycles. The van der Waals surface area contributed by atoms with Crippen LogP contribution in [0.5, 0.6) is 5.75 Å². The molecule has 1 amide bonds. The Morgan fingerprint density at radius 3 is 2.67 bits per heavy atom. The molecule has 0 radical (unpaired) electrons. The Morgan fingerprint density at radius 2 is 1.94 bits per heavy atom. The molecule has 174 valence electrons. The molecule has 11 nitrogen and oxygen atoms in total. The number of aromatic nitrogens is 4. The summed E-state index contributed by atoms with van der Waals surface area (Å²) in [5.41, 5.74) is 17.9. The molecule has 3 aromatic rings. The van der Waals surface area contributed by atoms with Gasteiger partial charge in [-0.15, -0.1) is 0 Å². The molecule has 0 atom stereocenters. The molecule has 33 heavy (non-hydrogen) atoms. The zero-order valence-electron chi connectivity index (χ0n) is 17.9. The predicted octanol–water partition coefficient (Wildman–Crippen LogP) is 1.64. The predicted molar refractivity (Wildman–Crippen MR) is 127 cm³/mol. The second-order valence-electron chi connectivity index (χ2n) is 7.10. The number of hydrogen-bond donors (Lipinski definition) is 4. The number of nitrogen functional groups attached to an aromatic ring is 2. The number of aryl methyl sites for hydroxylation is 1. The van der Waals surface area contributed by atoms with Crippen molar-refractivity contribution in [2.45, 2.75) is 25.8 Å². The number of carbonyl (C=O) groups is 1. The number of unbranched alkanes of at least 4 members (excludes halogenated alkanes) is 1. The zero-order chi connectivity index (χ0) is 23.6. The van der Waals surface area contributed by atoms with Crippen molar-refractivity contribution in [3.8, 4) is 5.75 Å². The van der Waals surface area contributed by atoms with Gasteiger partial charge in [-0.05, 0) is 37.0 Å². The van der Waals surface area contributed by atoms with E-state index in [1.165, 1.54) is 5.56 Å². The summed E-state index contributed by atoms with van der Waals surface area (Å²) in [5, 5.41) is 2.30. The minimum Gasteiger partial charge on any atom is -0.492 e. The molecule has 12 heteroatoms. The third kappa shape index (κ3) is 7.35. The van der Waals surface area contributed by atoms with Crippen molar-refractivity contribution < 1.29 is 9.53 Å². The minimum atomic E-state index is -0.657. The summed E-state index contributed by atoms with van der Waals surface area (Å²) >= 11 is 5.78. The SMILES string of the molecule is NC(=NCCCCc1ccc(OCCn2ccnc2)cc1)NC(=O)c1nc(Cl)c(N)nc1N. The van der Waals surface area contributed by atoms with E-state index in [9.17, 15) is 4.79 Å². The summed E-state index contributed by atoms with van der Waals surface area (Å²) in [6, 6.07) is 8.03. The normalized spacial score (nSPS) is 11.4. The summed E-state index contributed by atoms with van der Waals surface area (Å²) in [4.78, 5) is 27.9.